The minimum atomic E-state index is -3.35. The van der Waals surface area contributed by atoms with Crippen LogP contribution < -0.4 is 10.6 Å². The van der Waals surface area contributed by atoms with Gasteiger partial charge in [-0.15, -0.1) is 0 Å². The molecule has 0 saturated carbocycles. The fraction of sp³-hybridized carbons (Fsp3) is 0.861. The molecular weight excluding hydrogens is 908 g/mol. The van der Waals surface area contributed by atoms with Gasteiger partial charge < -0.3 is 125 Å². The summed E-state index contributed by atoms with van der Waals surface area (Å²) in [5.41, 5.74) is 0. The second kappa shape index (κ2) is 22.8. The number of ether oxygens (including phenoxy) is 8. The van der Waals surface area contributed by atoms with Gasteiger partial charge in [-0.3, -0.25) is 14.4 Å². The highest BCUT2D eigenvalue weighted by Crippen LogP contribution is 2.40. The monoisotopic (exact) mass is 966 g/mol. The quantitative estimate of drug-likeness (QED) is 0.0535. The number of carboxylic acid groups (broad SMARTS) is 2. The molecule has 17 N–H and O–H groups in total. The van der Waals surface area contributed by atoms with E-state index in [0.717, 1.165) is 20.8 Å². The molecule has 0 radical (unpaired) electrons. The van der Waals surface area contributed by atoms with Crippen LogP contribution in [0.5, 0.6) is 0 Å². The predicted octanol–water partition coefficient (Wildman–Crippen LogP) is -10.5. The Morgan fingerprint density at radius 3 is 1.67 bits per heavy atom. The molecule has 0 aromatic carbocycles. The number of amides is 2. The van der Waals surface area contributed by atoms with E-state index in [9.17, 15) is 101 Å². The van der Waals surface area contributed by atoms with E-state index in [-0.39, 0.29) is 0 Å². The Kier molecular flexibility index (Phi) is 19.0. The summed E-state index contributed by atoms with van der Waals surface area (Å²) in [7, 11) is 0. The molecule has 4 saturated heterocycles. The van der Waals surface area contributed by atoms with Crippen molar-refractivity contribution in [1.29, 1.82) is 0 Å². The van der Waals surface area contributed by atoms with Crippen LogP contribution in [0.1, 0.15) is 33.6 Å². The van der Waals surface area contributed by atoms with Gasteiger partial charge in [-0.1, -0.05) is 0 Å². The molecule has 30 heteroatoms. The first-order valence-corrected chi connectivity index (χ1v) is 20.2. The van der Waals surface area contributed by atoms with Crippen LogP contribution in [0, 0.1) is 0 Å². The minimum Gasteiger partial charge on any atom is -0.477 e. The standard InChI is InChI=1S/C36H58N2O28/c1-10(42)37-19-13(45)4-35(33(55)56,64-28(19)21(48)15(47)9-59-12(3)44)63-17(7-40)23(50)29-20(38-11(2)43)14(46)5-36(65-29,34(57)58)66-30-22(49)16(6-39)61-32(26(30)53)62-27-18(8-41)60-31(54)25(52)24(27)51/h13-32,39-41,45-54H,4-9H2,1-3H3,(H,37,42)(H,38,43)(H,55,56)(H,57,58)/t13-,14-,15+,16+,17+,18+,19+,20+,21+,22-,23+,24+,25+,26+,27+,28+,29+,30-,31-,32-,35+,36-/m0/s1. The van der Waals surface area contributed by atoms with Crippen LogP contribution in [-0.2, 0) is 61.9 Å². The highest BCUT2D eigenvalue weighted by Gasteiger charge is 2.62. The Morgan fingerprint density at radius 1 is 0.667 bits per heavy atom. The van der Waals surface area contributed by atoms with Crippen molar-refractivity contribution in [2.75, 3.05) is 26.4 Å². The van der Waals surface area contributed by atoms with Gasteiger partial charge in [-0.05, 0) is 0 Å². The van der Waals surface area contributed by atoms with Crippen molar-refractivity contribution >= 4 is 29.7 Å². The van der Waals surface area contributed by atoms with Gasteiger partial charge in [0.25, 0.3) is 11.6 Å². The second-order valence-corrected chi connectivity index (χ2v) is 16.1. The molecule has 4 rings (SSSR count). The molecule has 0 bridgehead atoms. The highest BCUT2D eigenvalue weighted by atomic mass is 16.8. The highest BCUT2D eigenvalue weighted by molar-refractivity contribution is 5.77. The van der Waals surface area contributed by atoms with E-state index in [1.165, 1.54) is 0 Å². The Hall–Kier alpha value is -3.45. The van der Waals surface area contributed by atoms with Crippen LogP contribution in [0.15, 0.2) is 0 Å². The van der Waals surface area contributed by atoms with Crippen molar-refractivity contribution in [2.45, 2.75) is 168 Å². The van der Waals surface area contributed by atoms with Crippen molar-refractivity contribution in [3.05, 3.63) is 0 Å². The number of aliphatic hydroxyl groups is 13. The Bertz CT molecular complexity index is 1680. The second-order valence-electron chi connectivity index (χ2n) is 16.1. The summed E-state index contributed by atoms with van der Waals surface area (Å²) in [6.07, 6.45) is -41.0. The summed E-state index contributed by atoms with van der Waals surface area (Å²) in [4.78, 5) is 62.0. The molecule has 30 nitrogen and oxygen atoms in total. The van der Waals surface area contributed by atoms with Crippen LogP contribution in [0.4, 0.5) is 0 Å². The van der Waals surface area contributed by atoms with Gasteiger partial charge >= 0.3 is 17.9 Å². The molecule has 380 valence electrons. The van der Waals surface area contributed by atoms with Crippen molar-refractivity contribution in [1.82, 2.24) is 10.6 Å². The first-order chi connectivity index (χ1) is 30.8. The van der Waals surface area contributed by atoms with Crippen molar-refractivity contribution in [2.24, 2.45) is 0 Å². The molecule has 2 amide bonds. The molecule has 0 unspecified atom stereocenters. The van der Waals surface area contributed by atoms with E-state index in [1.807, 2.05) is 0 Å². The fourth-order valence-electron chi connectivity index (χ4n) is 7.95. The zero-order valence-electron chi connectivity index (χ0n) is 35.3. The van der Waals surface area contributed by atoms with Gasteiger partial charge in [0.1, 0.15) is 92.1 Å². The number of carboxylic acids is 2. The largest absolute Gasteiger partial charge is 0.477 e. The van der Waals surface area contributed by atoms with Crippen molar-refractivity contribution in [3.8, 4) is 0 Å². The topological polar surface area (TPSA) is 487 Å². The lowest BCUT2D eigenvalue weighted by Gasteiger charge is -2.51. The molecule has 0 spiro atoms. The summed E-state index contributed by atoms with van der Waals surface area (Å²) in [6.45, 7) is -1.61. The zero-order valence-corrected chi connectivity index (χ0v) is 35.3. The van der Waals surface area contributed by atoms with Crippen molar-refractivity contribution in [3.63, 3.8) is 0 Å². The molecular formula is C36H58N2O28. The summed E-state index contributed by atoms with van der Waals surface area (Å²) >= 11 is 0. The number of carbonyl (C=O) groups excluding carboxylic acids is 3. The van der Waals surface area contributed by atoms with E-state index in [0.29, 0.717) is 0 Å². The van der Waals surface area contributed by atoms with Gasteiger partial charge in [0.05, 0.1) is 44.1 Å². The minimum absolute atomic E-state index is 0.855. The molecule has 0 aromatic heterocycles. The van der Waals surface area contributed by atoms with Gasteiger partial charge in [0.15, 0.2) is 12.6 Å². The summed E-state index contributed by atoms with van der Waals surface area (Å²) < 4.78 is 43.2. The average molecular weight is 967 g/mol. The first-order valence-electron chi connectivity index (χ1n) is 20.2. The number of esters is 1. The van der Waals surface area contributed by atoms with Crippen molar-refractivity contribution < 1.29 is 138 Å². The number of carbonyl (C=O) groups is 5. The van der Waals surface area contributed by atoms with E-state index in [4.69, 9.17) is 33.2 Å². The van der Waals surface area contributed by atoms with E-state index in [2.05, 4.69) is 15.4 Å². The van der Waals surface area contributed by atoms with E-state index >= 15 is 0 Å². The Labute approximate surface area is 372 Å². The third-order valence-electron chi connectivity index (χ3n) is 11.2. The van der Waals surface area contributed by atoms with Gasteiger partial charge in [-0.25, -0.2) is 9.59 Å². The summed E-state index contributed by atoms with van der Waals surface area (Å²) in [5.74, 6) is -13.6. The fourth-order valence-corrected chi connectivity index (χ4v) is 7.95. The van der Waals surface area contributed by atoms with E-state index in [1.54, 1.807) is 0 Å². The molecule has 0 aliphatic carbocycles. The van der Waals surface area contributed by atoms with Crippen LogP contribution >= 0.6 is 0 Å². The first kappa shape index (κ1) is 55.1. The summed E-state index contributed by atoms with van der Waals surface area (Å²) in [6, 6.07) is -3.62. The molecule has 4 fully saturated rings. The predicted molar refractivity (Wildman–Crippen MR) is 201 cm³/mol. The summed E-state index contributed by atoms with van der Waals surface area (Å²) in [5, 5.41) is 165. The van der Waals surface area contributed by atoms with Crippen LogP contribution in [0.2, 0.25) is 0 Å². The zero-order chi connectivity index (χ0) is 49.7. The molecule has 0 aromatic rings. The maximum absolute atomic E-state index is 13.2. The van der Waals surface area contributed by atoms with Crippen LogP contribution in [0.25, 0.3) is 0 Å². The third kappa shape index (κ3) is 12.0. The van der Waals surface area contributed by atoms with Gasteiger partial charge in [-0.2, -0.15) is 0 Å². The SMILES string of the molecule is CC(=O)N[C@H]1[C@H]([C@H](O)[C@H](O)COC(C)=O)O[C@@](O[C@H](CO)[C@@H](O)[C@@H]2O[C@@](O[C@H]3[C@@H](O)[C@@H](CO)O[C@@H](O[C@H]4[C@H](O)[C@@H](O)[C@@H](O)O[C@@H]4CO)[C@@H]3O)(C(=O)O)C[C@H](O)[C@H]2NC(C)=O)(C(=O)O)C[C@@H]1O. The number of nitrogens with one attached hydrogen (secondary N) is 2. The molecule has 4 heterocycles. The number of rotatable bonds is 19. The molecule has 4 aliphatic rings. The lowest BCUT2D eigenvalue weighted by molar-refractivity contribution is -0.387. The normalized spacial score (nSPS) is 41.4. The lowest BCUT2D eigenvalue weighted by Crippen LogP contribution is -2.72. The third-order valence-corrected chi connectivity index (χ3v) is 11.2. The number of aliphatic carboxylic acids is 2. The van der Waals surface area contributed by atoms with Crippen LogP contribution in [-0.4, -0.2) is 267 Å². The Morgan fingerprint density at radius 2 is 1.18 bits per heavy atom. The van der Waals surface area contributed by atoms with Gasteiger partial charge in [0, 0.05) is 33.6 Å². The smallest absolute Gasteiger partial charge is 0.364 e. The maximum Gasteiger partial charge on any atom is 0.364 e. The number of hydrogen-bond donors (Lipinski definition) is 17. The Balaban J connectivity index is 1.71. The molecule has 22 atom stereocenters. The van der Waals surface area contributed by atoms with Gasteiger partial charge in [0.2, 0.25) is 11.8 Å². The lowest BCUT2D eigenvalue weighted by atomic mass is 9.87. The van der Waals surface area contributed by atoms with Crippen LogP contribution in [0.3, 0.4) is 0 Å². The van der Waals surface area contributed by atoms with E-state index < -0.39 is 203 Å². The average Bonchev–Trinajstić information content (AvgIpc) is 3.24. The molecule has 66 heavy (non-hydrogen) atoms. The molecule has 4 aliphatic heterocycles. The number of hydrogen-bond acceptors (Lipinski definition) is 26. The maximum atomic E-state index is 13.2. The number of aliphatic hydroxyl groups excluding tert-OH is 13.